The van der Waals surface area contributed by atoms with Gasteiger partial charge >= 0.3 is 6.36 Å². The molecule has 1 fully saturated rings. The van der Waals surface area contributed by atoms with Crippen molar-refractivity contribution < 1.29 is 17.9 Å². The number of alkyl halides is 3. The highest BCUT2D eigenvalue weighted by atomic mass is 19.4. The molecule has 146 valence electrons. The van der Waals surface area contributed by atoms with Crippen molar-refractivity contribution in [3.05, 3.63) is 24.3 Å². The molecule has 1 heterocycles. The Morgan fingerprint density at radius 3 is 2.58 bits per heavy atom. The van der Waals surface area contributed by atoms with Gasteiger partial charge in [-0.1, -0.05) is 25.0 Å². The van der Waals surface area contributed by atoms with Crippen LogP contribution in [0.2, 0.25) is 0 Å². The molecule has 0 aromatic heterocycles. The summed E-state index contributed by atoms with van der Waals surface area (Å²) in [5.41, 5.74) is 5.90. The van der Waals surface area contributed by atoms with E-state index in [2.05, 4.69) is 19.9 Å². The van der Waals surface area contributed by atoms with E-state index < -0.39 is 6.36 Å². The minimum atomic E-state index is -4.75. The summed E-state index contributed by atoms with van der Waals surface area (Å²) < 4.78 is 41.2. The predicted octanol–water partition coefficient (Wildman–Crippen LogP) is 3.97. The van der Waals surface area contributed by atoms with Crippen LogP contribution < -0.4 is 15.8 Å². The number of nitrogens with zero attached hydrogens (tertiary/aromatic N) is 2. The summed E-state index contributed by atoms with van der Waals surface area (Å²) in [6, 6.07) is 5.74. The maximum atomic E-state index is 12.4. The summed E-state index contributed by atoms with van der Waals surface area (Å²) in [4.78, 5) is 6.67. The van der Waals surface area contributed by atoms with Gasteiger partial charge in [-0.25, -0.2) is 0 Å². The number of nitrogens with two attached hydrogens (primary N) is 1. The maximum absolute atomic E-state index is 12.4. The molecule has 8 heteroatoms. The zero-order valence-electron chi connectivity index (χ0n) is 14.9. The Balaban J connectivity index is 1.69. The molecule has 0 amide bonds. The number of likely N-dealkylation sites (tertiary alicyclic amines) is 1. The standard InChI is InChI=1S/C18H27F3N4O/c19-18(20,21)26-16-10-4-3-9-15(16)24-17(22)23-11-5-1-6-12-25-13-7-2-8-14-25/h3-4,9-10H,1-2,5-8,11-14H2,(H3,22,23,24). The van der Waals surface area contributed by atoms with Gasteiger partial charge in [0.1, 0.15) is 0 Å². The number of para-hydroxylation sites is 2. The number of halogens is 3. The fraction of sp³-hybridized carbons (Fsp3) is 0.611. The Hall–Kier alpha value is -1.96. The number of hydrogen-bond acceptors (Lipinski definition) is 3. The van der Waals surface area contributed by atoms with E-state index in [1.165, 1.54) is 50.6 Å². The molecule has 0 atom stereocenters. The van der Waals surface area contributed by atoms with Gasteiger partial charge in [-0.2, -0.15) is 0 Å². The van der Waals surface area contributed by atoms with Crippen LogP contribution in [0.15, 0.2) is 29.3 Å². The van der Waals surface area contributed by atoms with Crippen LogP contribution in [-0.2, 0) is 0 Å². The SMILES string of the molecule is NC(=NCCCCCN1CCCCC1)Nc1ccccc1OC(F)(F)F. The summed E-state index contributed by atoms with van der Waals surface area (Å²) in [6.45, 7) is 4.07. The first kappa shape index (κ1) is 20.4. The molecular formula is C18H27F3N4O. The monoisotopic (exact) mass is 372 g/mol. The molecule has 1 aromatic carbocycles. The van der Waals surface area contributed by atoms with Crippen LogP contribution in [0.25, 0.3) is 0 Å². The van der Waals surface area contributed by atoms with Crippen molar-refractivity contribution in [3.8, 4) is 5.75 Å². The van der Waals surface area contributed by atoms with Gasteiger partial charge in [-0.15, -0.1) is 13.2 Å². The summed E-state index contributed by atoms with van der Waals surface area (Å²) in [5, 5.41) is 2.67. The number of benzene rings is 1. The normalized spacial score (nSPS) is 16.5. The first-order valence-electron chi connectivity index (χ1n) is 9.08. The summed E-state index contributed by atoms with van der Waals surface area (Å²) in [6.07, 6.45) is 2.27. The van der Waals surface area contributed by atoms with Crippen molar-refractivity contribution >= 4 is 11.6 Å². The van der Waals surface area contributed by atoms with Crippen molar-refractivity contribution in [1.82, 2.24) is 4.90 Å². The quantitative estimate of drug-likeness (QED) is 0.412. The van der Waals surface area contributed by atoms with Gasteiger partial charge in [0.15, 0.2) is 11.7 Å². The first-order chi connectivity index (χ1) is 12.4. The molecule has 5 nitrogen and oxygen atoms in total. The molecule has 1 aliphatic heterocycles. The van der Waals surface area contributed by atoms with Crippen LogP contribution in [0.1, 0.15) is 38.5 Å². The van der Waals surface area contributed by atoms with E-state index in [1.807, 2.05) is 0 Å². The van der Waals surface area contributed by atoms with Gasteiger partial charge < -0.3 is 20.7 Å². The van der Waals surface area contributed by atoms with Gasteiger partial charge in [-0.05, 0) is 57.5 Å². The summed E-state index contributed by atoms with van der Waals surface area (Å²) in [5.74, 6) is -0.251. The van der Waals surface area contributed by atoms with Crippen LogP contribution in [-0.4, -0.2) is 43.4 Å². The molecule has 2 rings (SSSR count). The zero-order chi connectivity index (χ0) is 18.8. The van der Waals surface area contributed by atoms with E-state index in [-0.39, 0.29) is 17.4 Å². The molecule has 0 bridgehead atoms. The molecular weight excluding hydrogens is 345 g/mol. The third kappa shape index (κ3) is 7.95. The number of anilines is 1. The van der Waals surface area contributed by atoms with E-state index in [0.717, 1.165) is 25.8 Å². The molecule has 3 N–H and O–H groups in total. The summed E-state index contributed by atoms with van der Waals surface area (Å²) in [7, 11) is 0. The average molecular weight is 372 g/mol. The molecule has 0 unspecified atom stereocenters. The highest BCUT2D eigenvalue weighted by molar-refractivity contribution is 5.93. The second-order valence-corrected chi connectivity index (χ2v) is 6.40. The number of unbranched alkanes of at least 4 members (excludes halogenated alkanes) is 2. The number of ether oxygens (including phenoxy) is 1. The van der Waals surface area contributed by atoms with Crippen LogP contribution >= 0.6 is 0 Å². The van der Waals surface area contributed by atoms with Gasteiger partial charge in [-0.3, -0.25) is 4.99 Å². The van der Waals surface area contributed by atoms with Crippen molar-refractivity contribution in [2.45, 2.75) is 44.9 Å². The van der Waals surface area contributed by atoms with Crippen LogP contribution in [0.4, 0.5) is 18.9 Å². The number of rotatable bonds is 8. The van der Waals surface area contributed by atoms with Crippen molar-refractivity contribution in [3.63, 3.8) is 0 Å². The number of piperidine rings is 1. The van der Waals surface area contributed by atoms with Gasteiger partial charge in [0.05, 0.1) is 5.69 Å². The zero-order valence-corrected chi connectivity index (χ0v) is 14.9. The molecule has 1 saturated heterocycles. The molecule has 1 aromatic rings. The number of nitrogens with one attached hydrogen (secondary N) is 1. The topological polar surface area (TPSA) is 62.9 Å². The van der Waals surface area contributed by atoms with Crippen molar-refractivity contribution in [2.75, 3.05) is 31.5 Å². The fourth-order valence-corrected chi connectivity index (χ4v) is 2.97. The molecule has 1 aliphatic rings. The van der Waals surface area contributed by atoms with Crippen LogP contribution in [0, 0.1) is 0 Å². The Morgan fingerprint density at radius 1 is 1.12 bits per heavy atom. The average Bonchev–Trinajstić information content (AvgIpc) is 2.59. The van der Waals surface area contributed by atoms with Gasteiger partial charge in [0.2, 0.25) is 0 Å². The van der Waals surface area contributed by atoms with Crippen molar-refractivity contribution in [2.24, 2.45) is 10.7 Å². The van der Waals surface area contributed by atoms with Crippen LogP contribution in [0.3, 0.4) is 0 Å². The van der Waals surface area contributed by atoms with E-state index in [0.29, 0.717) is 6.54 Å². The Bertz CT molecular complexity index is 572. The third-order valence-electron chi connectivity index (χ3n) is 4.24. The second-order valence-electron chi connectivity index (χ2n) is 6.40. The molecule has 0 spiro atoms. The number of hydrogen-bond donors (Lipinski definition) is 2. The predicted molar refractivity (Wildman–Crippen MR) is 97.4 cm³/mol. The Labute approximate surface area is 152 Å². The van der Waals surface area contributed by atoms with Gasteiger partial charge in [0.25, 0.3) is 0 Å². The first-order valence-corrected chi connectivity index (χ1v) is 9.08. The van der Waals surface area contributed by atoms with E-state index in [1.54, 1.807) is 6.07 Å². The molecule has 26 heavy (non-hydrogen) atoms. The smallest absolute Gasteiger partial charge is 0.404 e. The highest BCUT2D eigenvalue weighted by Gasteiger charge is 2.32. The van der Waals surface area contributed by atoms with Crippen molar-refractivity contribution in [1.29, 1.82) is 0 Å². The lowest BCUT2D eigenvalue weighted by molar-refractivity contribution is -0.274. The largest absolute Gasteiger partial charge is 0.573 e. The Kier molecular flexibility index (Phi) is 8.03. The molecule has 0 saturated carbocycles. The molecule has 0 aliphatic carbocycles. The van der Waals surface area contributed by atoms with Crippen LogP contribution in [0.5, 0.6) is 5.75 Å². The summed E-state index contributed by atoms with van der Waals surface area (Å²) >= 11 is 0. The molecule has 0 radical (unpaired) electrons. The Morgan fingerprint density at radius 2 is 1.85 bits per heavy atom. The van der Waals surface area contributed by atoms with Gasteiger partial charge in [0, 0.05) is 6.54 Å². The number of aliphatic imine (C=N–C) groups is 1. The lowest BCUT2D eigenvalue weighted by Gasteiger charge is -2.26. The fourth-order valence-electron chi connectivity index (χ4n) is 2.97. The second kappa shape index (κ2) is 10.3. The van der Waals surface area contributed by atoms with E-state index in [4.69, 9.17) is 5.73 Å². The third-order valence-corrected chi connectivity index (χ3v) is 4.24. The van der Waals surface area contributed by atoms with E-state index in [9.17, 15) is 13.2 Å². The minimum Gasteiger partial charge on any atom is -0.404 e. The van der Waals surface area contributed by atoms with E-state index >= 15 is 0 Å². The number of guanidine groups is 1. The highest BCUT2D eigenvalue weighted by Crippen LogP contribution is 2.29. The lowest BCUT2D eigenvalue weighted by Crippen LogP contribution is -2.30. The maximum Gasteiger partial charge on any atom is 0.573 e. The lowest BCUT2D eigenvalue weighted by atomic mass is 10.1. The minimum absolute atomic E-state index is 0.0826.